The maximum atomic E-state index is 12.8. The molecule has 2 N–H and O–H groups in total. The van der Waals surface area contributed by atoms with E-state index in [1.807, 2.05) is 0 Å². The SMILES string of the molecule is Cc1ccc(Cl)cc1NC(=O)COC(=O)C(C)Nc1ccc(C(F)(F)F)cc1[N+](=O)[O-]. The van der Waals surface area contributed by atoms with Gasteiger partial charge in [0, 0.05) is 16.8 Å². The molecule has 8 nitrogen and oxygen atoms in total. The molecule has 0 heterocycles. The first kappa shape index (κ1) is 23.9. The molecule has 0 spiro atoms. The number of amides is 1. The van der Waals surface area contributed by atoms with Crippen LogP contribution >= 0.6 is 11.6 Å². The molecule has 2 aromatic rings. The number of anilines is 2. The first-order valence-corrected chi connectivity index (χ1v) is 9.11. The van der Waals surface area contributed by atoms with Crippen molar-refractivity contribution in [2.45, 2.75) is 26.1 Å². The van der Waals surface area contributed by atoms with Gasteiger partial charge in [0.1, 0.15) is 11.7 Å². The Bertz CT molecular complexity index is 1010. The number of nitro benzene ring substituents is 1. The number of alkyl halides is 3. The number of hydrogen-bond acceptors (Lipinski definition) is 6. The van der Waals surface area contributed by atoms with E-state index < -0.39 is 46.9 Å². The molecule has 12 heteroatoms. The Kier molecular flexibility index (Phi) is 7.45. The number of rotatable bonds is 7. The molecule has 166 valence electrons. The third kappa shape index (κ3) is 6.57. The van der Waals surface area contributed by atoms with Crippen LogP contribution in [0.3, 0.4) is 0 Å². The van der Waals surface area contributed by atoms with Gasteiger partial charge in [-0.25, -0.2) is 4.79 Å². The Morgan fingerprint density at radius 1 is 1.19 bits per heavy atom. The molecule has 1 amide bonds. The van der Waals surface area contributed by atoms with E-state index in [0.29, 0.717) is 22.8 Å². The van der Waals surface area contributed by atoms with Crippen LogP contribution in [0.1, 0.15) is 18.1 Å². The molecular formula is C19H17ClF3N3O5. The number of carbonyl (C=O) groups excluding carboxylic acids is 2. The highest BCUT2D eigenvalue weighted by molar-refractivity contribution is 6.31. The second-order valence-electron chi connectivity index (χ2n) is 6.47. The lowest BCUT2D eigenvalue weighted by molar-refractivity contribution is -0.384. The Morgan fingerprint density at radius 3 is 2.48 bits per heavy atom. The second kappa shape index (κ2) is 9.65. The summed E-state index contributed by atoms with van der Waals surface area (Å²) in [7, 11) is 0. The van der Waals surface area contributed by atoms with E-state index in [0.717, 1.165) is 11.6 Å². The van der Waals surface area contributed by atoms with Crippen LogP contribution in [-0.2, 0) is 20.5 Å². The summed E-state index contributed by atoms with van der Waals surface area (Å²) in [6.07, 6.45) is -4.76. The maximum Gasteiger partial charge on any atom is 0.416 e. The summed E-state index contributed by atoms with van der Waals surface area (Å²) < 4.78 is 43.2. The van der Waals surface area contributed by atoms with Crippen LogP contribution in [0.4, 0.5) is 30.2 Å². The number of benzene rings is 2. The maximum absolute atomic E-state index is 12.8. The molecule has 0 aliphatic carbocycles. The second-order valence-corrected chi connectivity index (χ2v) is 6.90. The average Bonchev–Trinajstić information content (AvgIpc) is 2.68. The zero-order valence-electron chi connectivity index (χ0n) is 16.2. The van der Waals surface area contributed by atoms with Gasteiger partial charge in [-0.15, -0.1) is 0 Å². The van der Waals surface area contributed by atoms with Gasteiger partial charge in [-0.1, -0.05) is 17.7 Å². The molecule has 0 saturated carbocycles. The summed E-state index contributed by atoms with van der Waals surface area (Å²) in [4.78, 5) is 34.2. The molecule has 0 aromatic heterocycles. The van der Waals surface area contributed by atoms with Gasteiger partial charge in [-0.3, -0.25) is 14.9 Å². The monoisotopic (exact) mass is 459 g/mol. The molecule has 2 rings (SSSR count). The van der Waals surface area contributed by atoms with Crippen molar-refractivity contribution in [3.8, 4) is 0 Å². The molecular weight excluding hydrogens is 443 g/mol. The molecule has 0 aliphatic rings. The Labute approximate surface area is 179 Å². The van der Waals surface area contributed by atoms with E-state index in [4.69, 9.17) is 16.3 Å². The standard InChI is InChI=1S/C19H17ClF3N3O5/c1-10-3-5-13(20)8-15(10)25-17(27)9-31-18(28)11(2)24-14-6-4-12(19(21,22)23)7-16(14)26(29)30/h3-8,11,24H,9H2,1-2H3,(H,25,27). The number of aryl methyl sites for hydroxylation is 1. The van der Waals surface area contributed by atoms with Gasteiger partial charge in [0.05, 0.1) is 10.5 Å². The van der Waals surface area contributed by atoms with Gasteiger partial charge >= 0.3 is 12.1 Å². The number of nitrogens with one attached hydrogen (secondary N) is 2. The fourth-order valence-corrected chi connectivity index (χ4v) is 2.62. The van der Waals surface area contributed by atoms with Crippen LogP contribution in [0.25, 0.3) is 0 Å². The highest BCUT2D eigenvalue weighted by Crippen LogP contribution is 2.35. The van der Waals surface area contributed by atoms with Gasteiger partial charge in [0.15, 0.2) is 6.61 Å². The van der Waals surface area contributed by atoms with Crippen molar-refractivity contribution in [1.29, 1.82) is 0 Å². The van der Waals surface area contributed by atoms with Gasteiger partial charge < -0.3 is 15.4 Å². The fourth-order valence-electron chi connectivity index (χ4n) is 2.45. The van der Waals surface area contributed by atoms with Gasteiger partial charge in [0.2, 0.25) is 0 Å². The van der Waals surface area contributed by atoms with Crippen molar-refractivity contribution in [2.75, 3.05) is 17.2 Å². The number of carbonyl (C=O) groups is 2. The lowest BCUT2D eigenvalue weighted by Gasteiger charge is -2.16. The van der Waals surface area contributed by atoms with E-state index in [1.165, 1.54) is 13.0 Å². The highest BCUT2D eigenvalue weighted by atomic mass is 35.5. The summed E-state index contributed by atoms with van der Waals surface area (Å²) in [6.45, 7) is 2.37. The van der Waals surface area contributed by atoms with E-state index >= 15 is 0 Å². The van der Waals surface area contributed by atoms with Crippen molar-refractivity contribution < 1.29 is 32.4 Å². The Morgan fingerprint density at radius 2 is 1.87 bits per heavy atom. The fraction of sp³-hybridized carbons (Fsp3) is 0.263. The topological polar surface area (TPSA) is 111 Å². The molecule has 1 unspecified atom stereocenters. The van der Waals surface area contributed by atoms with E-state index in [-0.39, 0.29) is 5.69 Å². The lowest BCUT2D eigenvalue weighted by atomic mass is 10.1. The van der Waals surface area contributed by atoms with Crippen LogP contribution in [0.2, 0.25) is 5.02 Å². The Hall–Kier alpha value is -3.34. The number of nitro groups is 1. The molecule has 0 aliphatic heterocycles. The molecule has 2 aromatic carbocycles. The predicted molar refractivity (Wildman–Crippen MR) is 107 cm³/mol. The molecule has 0 radical (unpaired) electrons. The third-order valence-electron chi connectivity index (χ3n) is 4.07. The normalized spacial score (nSPS) is 12.1. The van der Waals surface area contributed by atoms with E-state index in [2.05, 4.69) is 10.6 Å². The summed E-state index contributed by atoms with van der Waals surface area (Å²) in [5.41, 5.74) is -1.20. The number of ether oxygens (including phenoxy) is 1. The zero-order valence-corrected chi connectivity index (χ0v) is 17.0. The summed E-state index contributed by atoms with van der Waals surface area (Å²) in [6, 6.07) is 5.52. The minimum absolute atomic E-state index is 0.304. The first-order valence-electron chi connectivity index (χ1n) is 8.73. The summed E-state index contributed by atoms with van der Waals surface area (Å²) in [5.74, 6) is -1.58. The van der Waals surface area contributed by atoms with Gasteiger partial charge in [0.25, 0.3) is 11.6 Å². The van der Waals surface area contributed by atoms with Crippen molar-refractivity contribution in [1.82, 2.24) is 0 Å². The smallest absolute Gasteiger partial charge is 0.416 e. The van der Waals surface area contributed by atoms with Crippen molar-refractivity contribution in [2.24, 2.45) is 0 Å². The molecule has 0 saturated heterocycles. The molecule has 0 fully saturated rings. The van der Waals surface area contributed by atoms with Crippen LogP contribution < -0.4 is 10.6 Å². The quantitative estimate of drug-likeness (QED) is 0.357. The van der Waals surface area contributed by atoms with Crippen LogP contribution in [0, 0.1) is 17.0 Å². The number of hydrogen-bond donors (Lipinski definition) is 2. The highest BCUT2D eigenvalue weighted by Gasteiger charge is 2.33. The van der Waals surface area contributed by atoms with Crippen molar-refractivity contribution >= 4 is 40.5 Å². The Balaban J connectivity index is 2.00. The largest absolute Gasteiger partial charge is 0.454 e. The number of halogens is 4. The minimum atomic E-state index is -4.76. The van der Waals surface area contributed by atoms with Crippen LogP contribution in [0.5, 0.6) is 0 Å². The molecule has 1 atom stereocenters. The average molecular weight is 460 g/mol. The molecule has 0 bridgehead atoms. The third-order valence-corrected chi connectivity index (χ3v) is 4.30. The van der Waals surface area contributed by atoms with Crippen molar-refractivity contribution in [3.63, 3.8) is 0 Å². The van der Waals surface area contributed by atoms with Crippen LogP contribution in [-0.4, -0.2) is 29.4 Å². The first-order chi connectivity index (χ1) is 14.4. The van der Waals surface area contributed by atoms with Gasteiger partial charge in [-0.2, -0.15) is 13.2 Å². The predicted octanol–water partition coefficient (Wildman–Crippen LogP) is 4.56. The number of nitrogens with zero attached hydrogens (tertiary/aromatic N) is 1. The summed E-state index contributed by atoms with van der Waals surface area (Å²) >= 11 is 5.86. The zero-order chi connectivity index (χ0) is 23.3. The van der Waals surface area contributed by atoms with Crippen molar-refractivity contribution in [3.05, 3.63) is 62.7 Å². The lowest BCUT2D eigenvalue weighted by Crippen LogP contribution is -2.31. The van der Waals surface area contributed by atoms with E-state index in [9.17, 15) is 32.9 Å². The van der Waals surface area contributed by atoms with Crippen LogP contribution in [0.15, 0.2) is 36.4 Å². The molecule has 31 heavy (non-hydrogen) atoms. The minimum Gasteiger partial charge on any atom is -0.454 e. The summed E-state index contributed by atoms with van der Waals surface area (Å²) in [5, 5.41) is 16.5. The van der Waals surface area contributed by atoms with E-state index in [1.54, 1.807) is 19.1 Å². The number of esters is 1. The van der Waals surface area contributed by atoms with Gasteiger partial charge in [-0.05, 0) is 43.7 Å².